The van der Waals surface area contributed by atoms with E-state index in [0.717, 1.165) is 12.1 Å². The fraction of sp³-hybridized carbons (Fsp3) is 0.235. The van der Waals surface area contributed by atoms with E-state index in [2.05, 4.69) is 10.6 Å². The van der Waals surface area contributed by atoms with Crippen molar-refractivity contribution in [3.8, 4) is 0 Å². The number of carbonyl (C=O) groups excluding carboxylic acids is 1. The first-order chi connectivity index (χ1) is 10.9. The zero-order valence-corrected chi connectivity index (χ0v) is 12.8. The Morgan fingerprint density at radius 2 is 1.78 bits per heavy atom. The van der Waals surface area contributed by atoms with Gasteiger partial charge in [0.05, 0.1) is 6.54 Å². The average Bonchev–Trinajstić information content (AvgIpc) is 2.51. The molecule has 2 aromatic rings. The molecule has 2 rings (SSSR count). The summed E-state index contributed by atoms with van der Waals surface area (Å²) in [5.74, 6) is -2.61. The van der Waals surface area contributed by atoms with Crippen molar-refractivity contribution in [1.29, 1.82) is 0 Å². The summed E-state index contributed by atoms with van der Waals surface area (Å²) in [5, 5.41) is 5.46. The van der Waals surface area contributed by atoms with E-state index in [9.17, 15) is 18.0 Å². The molecular formula is C17H17F3N2O. The first-order valence-electron chi connectivity index (χ1n) is 7.11. The Morgan fingerprint density at radius 3 is 2.43 bits per heavy atom. The maximum absolute atomic E-state index is 13.4. The molecule has 0 unspecified atom stereocenters. The Morgan fingerprint density at radius 1 is 1.04 bits per heavy atom. The van der Waals surface area contributed by atoms with Crippen LogP contribution in [0, 0.1) is 24.4 Å². The molecule has 2 N–H and O–H groups in total. The van der Waals surface area contributed by atoms with Crippen LogP contribution >= 0.6 is 0 Å². The van der Waals surface area contributed by atoms with Gasteiger partial charge in [0.2, 0.25) is 5.91 Å². The highest BCUT2D eigenvalue weighted by Gasteiger charge is 2.11. The number of nitrogens with one attached hydrogen (secondary N) is 2. The van der Waals surface area contributed by atoms with Crippen molar-refractivity contribution in [3.63, 3.8) is 0 Å². The van der Waals surface area contributed by atoms with E-state index in [-0.39, 0.29) is 18.5 Å². The summed E-state index contributed by atoms with van der Waals surface area (Å²) >= 11 is 0. The quantitative estimate of drug-likeness (QED) is 0.881. The first-order valence-corrected chi connectivity index (χ1v) is 7.11. The summed E-state index contributed by atoms with van der Waals surface area (Å²) in [7, 11) is 0. The van der Waals surface area contributed by atoms with Crippen molar-refractivity contribution >= 4 is 11.6 Å². The van der Waals surface area contributed by atoms with Crippen molar-refractivity contribution in [2.75, 3.05) is 11.9 Å². The molecular weight excluding hydrogens is 305 g/mol. The average molecular weight is 322 g/mol. The summed E-state index contributed by atoms with van der Waals surface area (Å²) in [5.41, 5.74) is 1.38. The number of aryl methyl sites for hydroxylation is 1. The lowest BCUT2D eigenvalue weighted by molar-refractivity contribution is -0.115. The molecule has 1 atom stereocenters. The SMILES string of the molecule is Cc1ccc(NC(=O)CN[C@@H](C)c2ccc(F)c(F)c2)cc1F. The second kappa shape index (κ2) is 7.28. The first kappa shape index (κ1) is 17.0. The van der Waals surface area contributed by atoms with Crippen molar-refractivity contribution in [1.82, 2.24) is 5.32 Å². The van der Waals surface area contributed by atoms with Gasteiger partial charge in [-0.3, -0.25) is 4.79 Å². The van der Waals surface area contributed by atoms with Crippen LogP contribution in [-0.2, 0) is 4.79 Å². The molecule has 0 aliphatic rings. The maximum atomic E-state index is 13.4. The van der Waals surface area contributed by atoms with E-state index < -0.39 is 17.5 Å². The lowest BCUT2D eigenvalue weighted by atomic mass is 10.1. The molecule has 0 spiro atoms. The predicted octanol–water partition coefficient (Wildman–Crippen LogP) is 3.70. The Labute approximate surface area is 132 Å². The van der Waals surface area contributed by atoms with E-state index >= 15 is 0 Å². The lowest BCUT2D eigenvalue weighted by Gasteiger charge is -2.14. The fourth-order valence-electron chi connectivity index (χ4n) is 2.02. The van der Waals surface area contributed by atoms with Crippen LogP contribution in [0.3, 0.4) is 0 Å². The summed E-state index contributed by atoms with van der Waals surface area (Å²) in [4.78, 5) is 11.8. The second-order valence-corrected chi connectivity index (χ2v) is 5.29. The molecule has 3 nitrogen and oxygen atoms in total. The van der Waals surface area contributed by atoms with Crippen LogP contribution in [-0.4, -0.2) is 12.5 Å². The maximum Gasteiger partial charge on any atom is 0.238 e. The van der Waals surface area contributed by atoms with E-state index in [1.807, 2.05) is 0 Å². The van der Waals surface area contributed by atoms with Gasteiger partial charge in [-0.2, -0.15) is 0 Å². The molecule has 0 heterocycles. The predicted molar refractivity (Wildman–Crippen MR) is 82.5 cm³/mol. The molecule has 0 aliphatic carbocycles. The third-order valence-electron chi connectivity index (χ3n) is 3.47. The number of carbonyl (C=O) groups is 1. The molecule has 0 fully saturated rings. The van der Waals surface area contributed by atoms with Crippen LogP contribution in [0.5, 0.6) is 0 Å². The number of rotatable bonds is 5. The number of halogens is 3. The van der Waals surface area contributed by atoms with Crippen LogP contribution in [0.1, 0.15) is 24.1 Å². The Bertz CT molecular complexity index is 719. The standard InChI is InChI=1S/C17H17F3N2O/c1-10-3-5-13(8-15(10)19)22-17(23)9-21-11(2)12-4-6-14(18)16(20)7-12/h3-8,11,21H,9H2,1-2H3,(H,22,23)/t11-/m0/s1. The molecule has 1 amide bonds. The van der Waals surface area contributed by atoms with Gasteiger partial charge in [-0.05, 0) is 49.2 Å². The van der Waals surface area contributed by atoms with Gasteiger partial charge in [0.15, 0.2) is 11.6 Å². The summed E-state index contributed by atoms with van der Waals surface area (Å²) < 4.78 is 39.5. The van der Waals surface area contributed by atoms with Crippen LogP contribution in [0.2, 0.25) is 0 Å². The van der Waals surface area contributed by atoms with Crippen molar-refractivity contribution < 1.29 is 18.0 Å². The van der Waals surface area contributed by atoms with Crippen LogP contribution in [0.4, 0.5) is 18.9 Å². The molecule has 0 saturated heterocycles. The summed E-state index contributed by atoms with van der Waals surface area (Å²) in [6, 6.07) is 7.65. The summed E-state index contributed by atoms with van der Waals surface area (Å²) in [6.07, 6.45) is 0. The Kier molecular flexibility index (Phi) is 5.39. The van der Waals surface area contributed by atoms with E-state index in [1.54, 1.807) is 26.0 Å². The molecule has 23 heavy (non-hydrogen) atoms. The Hall–Kier alpha value is -2.34. The van der Waals surface area contributed by atoms with Crippen LogP contribution < -0.4 is 10.6 Å². The molecule has 122 valence electrons. The highest BCUT2D eigenvalue weighted by atomic mass is 19.2. The van der Waals surface area contributed by atoms with Crippen LogP contribution in [0.25, 0.3) is 0 Å². The topological polar surface area (TPSA) is 41.1 Å². The molecule has 2 aromatic carbocycles. The van der Waals surface area contributed by atoms with Gasteiger partial charge in [0.25, 0.3) is 0 Å². The van der Waals surface area contributed by atoms with Gasteiger partial charge in [-0.1, -0.05) is 12.1 Å². The zero-order chi connectivity index (χ0) is 17.0. The van der Waals surface area contributed by atoms with Gasteiger partial charge in [0.1, 0.15) is 5.82 Å². The molecule has 0 radical (unpaired) electrons. The van der Waals surface area contributed by atoms with Gasteiger partial charge < -0.3 is 10.6 Å². The third kappa shape index (κ3) is 4.56. The van der Waals surface area contributed by atoms with Crippen molar-refractivity contribution in [3.05, 3.63) is 65.0 Å². The molecule has 0 aliphatic heterocycles. The molecule has 0 aromatic heterocycles. The smallest absolute Gasteiger partial charge is 0.238 e. The highest BCUT2D eigenvalue weighted by Crippen LogP contribution is 2.16. The number of benzene rings is 2. The van der Waals surface area contributed by atoms with Crippen molar-refractivity contribution in [2.24, 2.45) is 0 Å². The number of hydrogen-bond donors (Lipinski definition) is 2. The zero-order valence-electron chi connectivity index (χ0n) is 12.8. The van der Waals surface area contributed by atoms with Gasteiger partial charge in [-0.15, -0.1) is 0 Å². The summed E-state index contributed by atoms with van der Waals surface area (Å²) in [6.45, 7) is 3.31. The van der Waals surface area contributed by atoms with Crippen molar-refractivity contribution in [2.45, 2.75) is 19.9 Å². The van der Waals surface area contributed by atoms with Gasteiger partial charge in [0, 0.05) is 11.7 Å². The van der Waals surface area contributed by atoms with Gasteiger partial charge >= 0.3 is 0 Å². The minimum absolute atomic E-state index is 0.0460. The highest BCUT2D eigenvalue weighted by molar-refractivity contribution is 5.92. The Balaban J connectivity index is 1.90. The van der Waals surface area contributed by atoms with Crippen LogP contribution in [0.15, 0.2) is 36.4 Å². The number of hydrogen-bond acceptors (Lipinski definition) is 2. The van der Waals surface area contributed by atoms with E-state index in [0.29, 0.717) is 16.8 Å². The van der Waals surface area contributed by atoms with E-state index in [4.69, 9.17) is 0 Å². The van der Waals surface area contributed by atoms with E-state index in [1.165, 1.54) is 12.1 Å². The number of anilines is 1. The minimum Gasteiger partial charge on any atom is -0.325 e. The molecule has 0 saturated carbocycles. The monoisotopic (exact) mass is 322 g/mol. The van der Waals surface area contributed by atoms with Gasteiger partial charge in [-0.25, -0.2) is 13.2 Å². The second-order valence-electron chi connectivity index (χ2n) is 5.29. The lowest BCUT2D eigenvalue weighted by Crippen LogP contribution is -2.30. The number of amides is 1. The molecule has 6 heteroatoms. The molecule has 0 bridgehead atoms. The largest absolute Gasteiger partial charge is 0.325 e. The normalized spacial score (nSPS) is 12.0. The third-order valence-corrected chi connectivity index (χ3v) is 3.47. The minimum atomic E-state index is -0.935. The fourth-order valence-corrected chi connectivity index (χ4v) is 2.02.